The maximum Gasteiger partial charge on any atom is 0.257 e. The fourth-order valence-electron chi connectivity index (χ4n) is 3.72. The number of carbonyl (C=O) groups excluding carboxylic acids is 1. The molecule has 0 saturated carbocycles. The smallest absolute Gasteiger partial charge is 0.257 e. The first-order valence-corrected chi connectivity index (χ1v) is 11.4. The monoisotopic (exact) mass is 473 g/mol. The van der Waals surface area contributed by atoms with Crippen molar-refractivity contribution in [1.29, 1.82) is 0 Å². The second kappa shape index (κ2) is 9.15. The zero-order chi connectivity index (χ0) is 23.7. The van der Waals surface area contributed by atoms with E-state index in [4.69, 9.17) is 26.1 Å². The molecule has 1 aliphatic rings. The lowest BCUT2D eigenvalue weighted by Crippen LogP contribution is -2.34. The zero-order valence-corrected chi connectivity index (χ0v) is 19.6. The van der Waals surface area contributed by atoms with Gasteiger partial charge in [0.05, 0.1) is 0 Å². The van der Waals surface area contributed by atoms with E-state index in [1.54, 1.807) is 18.2 Å². The molecule has 8 heteroatoms. The van der Waals surface area contributed by atoms with E-state index >= 15 is 0 Å². The number of hydrogen-bond donors (Lipinski definition) is 2. The van der Waals surface area contributed by atoms with Gasteiger partial charge in [-0.25, -0.2) is 4.98 Å². The number of aromatic nitrogens is 1. The molecule has 2 heterocycles. The Morgan fingerprint density at radius 1 is 1.09 bits per heavy atom. The highest BCUT2D eigenvalue weighted by molar-refractivity contribution is 7.80. The number of rotatable bonds is 5. The molecule has 0 spiro atoms. The first-order valence-electron chi connectivity index (χ1n) is 11.0. The fraction of sp³-hybridized carbons (Fsp3) is 0.192. The minimum Gasteiger partial charge on any atom is -0.454 e. The molecule has 34 heavy (non-hydrogen) atoms. The molecule has 1 aromatic heterocycles. The summed E-state index contributed by atoms with van der Waals surface area (Å²) in [6.45, 7) is 4.52. The Labute approximate surface area is 202 Å². The number of anilines is 1. The molecule has 1 unspecified atom stereocenters. The number of oxazole rings is 1. The fourth-order valence-corrected chi connectivity index (χ4v) is 3.93. The van der Waals surface area contributed by atoms with Crippen LogP contribution in [0.15, 0.2) is 65.1 Å². The zero-order valence-electron chi connectivity index (χ0n) is 18.8. The Balaban J connectivity index is 1.29. The van der Waals surface area contributed by atoms with E-state index in [-0.39, 0.29) is 17.8 Å². The Bertz CT molecular complexity index is 1400. The van der Waals surface area contributed by atoms with E-state index in [2.05, 4.69) is 41.6 Å². The van der Waals surface area contributed by atoms with E-state index in [9.17, 15) is 4.79 Å². The number of hydrogen-bond acceptors (Lipinski definition) is 6. The third kappa shape index (κ3) is 4.45. The van der Waals surface area contributed by atoms with Crippen LogP contribution in [0.25, 0.3) is 22.6 Å². The van der Waals surface area contributed by atoms with Crippen LogP contribution in [0.2, 0.25) is 0 Å². The lowest BCUT2D eigenvalue weighted by Gasteiger charge is -2.10. The maximum atomic E-state index is 12.6. The molecule has 0 radical (unpaired) electrons. The van der Waals surface area contributed by atoms with Gasteiger partial charge in [0.1, 0.15) is 5.52 Å². The van der Waals surface area contributed by atoms with Crippen LogP contribution in [-0.4, -0.2) is 22.8 Å². The third-order valence-electron chi connectivity index (χ3n) is 5.82. The number of nitrogens with one attached hydrogen (secondary N) is 2. The van der Waals surface area contributed by atoms with Gasteiger partial charge in [-0.2, -0.15) is 0 Å². The van der Waals surface area contributed by atoms with Crippen LogP contribution < -0.4 is 20.1 Å². The van der Waals surface area contributed by atoms with Gasteiger partial charge in [-0.3, -0.25) is 10.1 Å². The first-order chi connectivity index (χ1) is 16.5. The molecule has 2 N–H and O–H groups in total. The summed E-state index contributed by atoms with van der Waals surface area (Å²) in [5.74, 6) is 1.79. The summed E-state index contributed by atoms with van der Waals surface area (Å²) in [6.07, 6.45) is 1.06. The second-order valence-electron chi connectivity index (χ2n) is 8.11. The van der Waals surface area contributed by atoms with E-state index in [0.29, 0.717) is 34.6 Å². The van der Waals surface area contributed by atoms with E-state index < -0.39 is 0 Å². The number of thiocarbonyl (C=S) groups is 1. The van der Waals surface area contributed by atoms with Gasteiger partial charge >= 0.3 is 0 Å². The van der Waals surface area contributed by atoms with Crippen molar-refractivity contribution in [3.63, 3.8) is 0 Å². The van der Waals surface area contributed by atoms with Gasteiger partial charge < -0.3 is 19.2 Å². The van der Waals surface area contributed by atoms with Gasteiger partial charge in [-0.1, -0.05) is 26.0 Å². The normalized spacial score (nSPS) is 13.0. The minimum atomic E-state index is -0.344. The maximum absolute atomic E-state index is 12.6. The molecule has 0 bridgehead atoms. The molecule has 3 aromatic carbocycles. The van der Waals surface area contributed by atoms with E-state index in [1.807, 2.05) is 30.3 Å². The molecule has 4 aromatic rings. The van der Waals surface area contributed by atoms with Gasteiger partial charge in [0, 0.05) is 16.8 Å². The van der Waals surface area contributed by atoms with Crippen molar-refractivity contribution in [3.8, 4) is 23.0 Å². The molecular formula is C26H23N3O4S. The summed E-state index contributed by atoms with van der Waals surface area (Å²) in [6, 6.07) is 18.6. The third-order valence-corrected chi connectivity index (χ3v) is 6.03. The van der Waals surface area contributed by atoms with Crippen molar-refractivity contribution in [2.24, 2.45) is 0 Å². The van der Waals surface area contributed by atoms with Crippen molar-refractivity contribution >= 4 is 40.0 Å². The van der Waals surface area contributed by atoms with Crippen molar-refractivity contribution in [3.05, 3.63) is 71.8 Å². The molecule has 7 nitrogen and oxygen atoms in total. The first kappa shape index (κ1) is 21.9. The summed E-state index contributed by atoms with van der Waals surface area (Å²) in [4.78, 5) is 17.2. The van der Waals surface area contributed by atoms with E-state index in [0.717, 1.165) is 23.1 Å². The number of fused-ring (bicyclic) bond motifs is 2. The van der Waals surface area contributed by atoms with Crippen molar-refractivity contribution in [2.45, 2.75) is 26.2 Å². The quantitative estimate of drug-likeness (QED) is 0.351. The van der Waals surface area contributed by atoms with Crippen LogP contribution in [0.5, 0.6) is 11.5 Å². The van der Waals surface area contributed by atoms with Crippen LogP contribution in [0, 0.1) is 0 Å². The van der Waals surface area contributed by atoms with Crippen molar-refractivity contribution in [1.82, 2.24) is 10.3 Å². The Kier molecular flexibility index (Phi) is 5.90. The molecule has 0 saturated heterocycles. The van der Waals surface area contributed by atoms with Gasteiger partial charge in [0.25, 0.3) is 5.91 Å². The highest BCUT2D eigenvalue weighted by atomic mass is 32.1. The number of benzene rings is 3. The predicted molar refractivity (Wildman–Crippen MR) is 134 cm³/mol. The van der Waals surface area contributed by atoms with Gasteiger partial charge in [-0.05, 0) is 78.7 Å². The number of ether oxygens (including phenoxy) is 2. The summed E-state index contributed by atoms with van der Waals surface area (Å²) in [5, 5.41) is 5.91. The Morgan fingerprint density at radius 2 is 1.94 bits per heavy atom. The Hall–Kier alpha value is -3.91. The number of nitrogens with zero attached hydrogens (tertiary/aromatic N) is 1. The topological polar surface area (TPSA) is 85.6 Å². The van der Waals surface area contributed by atoms with Gasteiger partial charge in [0.15, 0.2) is 22.2 Å². The standard InChI is InChI=1S/C26H23N3O4S/c1-3-15(2)16-7-9-21-20(12-16)28-25(33-21)18-5-4-6-19(11-18)27-26(34)29-24(30)17-8-10-22-23(13-17)32-14-31-22/h4-13,15H,3,14H2,1-2H3,(H2,27,29,30,34). The van der Waals surface area contributed by atoms with Crippen molar-refractivity contribution in [2.75, 3.05) is 12.1 Å². The van der Waals surface area contributed by atoms with Crippen LogP contribution in [0.3, 0.4) is 0 Å². The molecule has 1 aliphatic heterocycles. The largest absolute Gasteiger partial charge is 0.454 e. The van der Waals surface area contributed by atoms with Crippen LogP contribution in [0.4, 0.5) is 5.69 Å². The SMILES string of the molecule is CCC(C)c1ccc2oc(-c3cccc(NC(=S)NC(=O)c4ccc5c(c4)OCO5)c3)nc2c1. The van der Waals surface area contributed by atoms with Crippen molar-refractivity contribution < 1.29 is 18.7 Å². The minimum absolute atomic E-state index is 0.149. The molecule has 5 rings (SSSR count). The summed E-state index contributed by atoms with van der Waals surface area (Å²) in [7, 11) is 0. The average Bonchev–Trinajstić information content (AvgIpc) is 3.49. The van der Waals surface area contributed by atoms with Crippen LogP contribution in [0.1, 0.15) is 42.1 Å². The molecule has 1 atom stereocenters. The summed E-state index contributed by atoms with van der Waals surface area (Å²) < 4.78 is 16.6. The predicted octanol–water partition coefficient (Wildman–Crippen LogP) is 5.86. The average molecular weight is 474 g/mol. The highest BCUT2D eigenvalue weighted by Gasteiger charge is 2.17. The van der Waals surface area contributed by atoms with Gasteiger partial charge in [0.2, 0.25) is 12.7 Å². The lowest BCUT2D eigenvalue weighted by molar-refractivity contribution is 0.0977. The molecule has 0 aliphatic carbocycles. The molecular weight excluding hydrogens is 450 g/mol. The summed E-state index contributed by atoms with van der Waals surface area (Å²) >= 11 is 5.34. The van der Waals surface area contributed by atoms with Crippen LogP contribution in [-0.2, 0) is 0 Å². The molecule has 172 valence electrons. The number of amides is 1. The lowest BCUT2D eigenvalue weighted by atomic mass is 9.98. The van der Waals surface area contributed by atoms with Crippen LogP contribution >= 0.6 is 12.2 Å². The number of carbonyl (C=O) groups is 1. The van der Waals surface area contributed by atoms with Gasteiger partial charge in [-0.15, -0.1) is 0 Å². The molecule has 0 fully saturated rings. The second-order valence-corrected chi connectivity index (χ2v) is 8.52. The van der Waals surface area contributed by atoms with E-state index in [1.165, 1.54) is 5.56 Å². The highest BCUT2D eigenvalue weighted by Crippen LogP contribution is 2.32. The summed E-state index contributed by atoms with van der Waals surface area (Å²) in [5.41, 5.74) is 4.75. The molecule has 1 amide bonds. The Morgan fingerprint density at radius 3 is 2.79 bits per heavy atom.